The van der Waals surface area contributed by atoms with Gasteiger partial charge in [-0.25, -0.2) is 0 Å². The van der Waals surface area contributed by atoms with Gasteiger partial charge in [0.1, 0.15) is 0 Å². The van der Waals surface area contributed by atoms with Crippen molar-refractivity contribution in [3.63, 3.8) is 0 Å². The van der Waals surface area contributed by atoms with Crippen molar-refractivity contribution in [1.29, 1.82) is 0 Å². The molecule has 5 nitrogen and oxygen atoms in total. The van der Waals surface area contributed by atoms with E-state index in [9.17, 15) is 4.79 Å². The second-order valence-electron chi connectivity index (χ2n) is 6.78. The smallest absolute Gasteiger partial charge is 0.253 e. The Morgan fingerprint density at radius 1 is 1.15 bits per heavy atom. The van der Waals surface area contributed by atoms with Crippen LogP contribution < -0.4 is 5.32 Å². The van der Waals surface area contributed by atoms with Gasteiger partial charge < -0.3 is 10.1 Å². The Labute approximate surface area is 162 Å². The lowest BCUT2D eigenvalue weighted by molar-refractivity contribution is -0.0502. The summed E-state index contributed by atoms with van der Waals surface area (Å²) < 4.78 is 6.05. The van der Waals surface area contributed by atoms with Crippen LogP contribution in [0.4, 0.5) is 0 Å². The summed E-state index contributed by atoms with van der Waals surface area (Å²) in [5, 5.41) is 4.27. The standard InChI is InChI=1S/C19H19Cl2N3O2/c20-14-3-1-12(2-4-14)18-10-24-9-16(6-17(24)11-26-18)23-19(25)13-5-15(21)8-22-7-13/h1-5,7-8,16-18H,6,9-11H2,(H,23,25)/t16-,17+,18-/m1/s1. The van der Waals surface area contributed by atoms with Crippen molar-refractivity contribution in [2.75, 3.05) is 19.7 Å². The molecule has 136 valence electrons. The van der Waals surface area contributed by atoms with Gasteiger partial charge in [0.15, 0.2) is 0 Å². The lowest BCUT2D eigenvalue weighted by atomic mass is 10.1. The zero-order valence-corrected chi connectivity index (χ0v) is 15.6. The fourth-order valence-electron chi connectivity index (χ4n) is 3.66. The average molecular weight is 392 g/mol. The first-order valence-electron chi connectivity index (χ1n) is 8.61. The molecule has 0 radical (unpaired) electrons. The Bertz CT molecular complexity index is 800. The van der Waals surface area contributed by atoms with Crippen LogP contribution in [0.15, 0.2) is 42.7 Å². The molecule has 2 aliphatic heterocycles. The normalized spacial score (nSPS) is 25.7. The number of carbonyl (C=O) groups is 1. The van der Waals surface area contributed by atoms with Gasteiger partial charge in [0.2, 0.25) is 0 Å². The fourth-order valence-corrected chi connectivity index (χ4v) is 3.96. The molecule has 3 heterocycles. The Hall–Kier alpha value is -1.66. The van der Waals surface area contributed by atoms with Gasteiger partial charge in [-0.2, -0.15) is 0 Å². The second kappa shape index (κ2) is 7.53. The summed E-state index contributed by atoms with van der Waals surface area (Å²) in [6.07, 6.45) is 3.97. The highest BCUT2D eigenvalue weighted by Crippen LogP contribution is 2.31. The molecule has 4 rings (SSSR count). The summed E-state index contributed by atoms with van der Waals surface area (Å²) in [5.74, 6) is -0.139. The molecule has 0 unspecified atom stereocenters. The molecule has 0 spiro atoms. The van der Waals surface area contributed by atoms with E-state index >= 15 is 0 Å². The first-order chi connectivity index (χ1) is 12.6. The van der Waals surface area contributed by atoms with Gasteiger partial charge in [0.25, 0.3) is 5.91 Å². The monoisotopic (exact) mass is 391 g/mol. The minimum absolute atomic E-state index is 0.0371. The summed E-state index contributed by atoms with van der Waals surface area (Å²) in [7, 11) is 0. The number of hydrogen-bond donors (Lipinski definition) is 1. The number of hydrogen-bond acceptors (Lipinski definition) is 4. The van der Waals surface area contributed by atoms with Crippen LogP contribution in [0.2, 0.25) is 10.0 Å². The van der Waals surface area contributed by atoms with E-state index in [0.29, 0.717) is 23.2 Å². The molecule has 2 saturated heterocycles. The van der Waals surface area contributed by atoms with E-state index in [1.165, 1.54) is 12.4 Å². The van der Waals surface area contributed by atoms with E-state index < -0.39 is 0 Å². The highest BCUT2D eigenvalue weighted by molar-refractivity contribution is 6.31. The maximum Gasteiger partial charge on any atom is 0.253 e. The minimum Gasteiger partial charge on any atom is -0.371 e. The van der Waals surface area contributed by atoms with Crippen LogP contribution in [0, 0.1) is 0 Å². The Balaban J connectivity index is 1.37. The van der Waals surface area contributed by atoms with Gasteiger partial charge in [0, 0.05) is 42.6 Å². The minimum atomic E-state index is -0.139. The third-order valence-corrected chi connectivity index (χ3v) is 5.42. The number of morpholine rings is 1. The van der Waals surface area contributed by atoms with Crippen LogP contribution in [0.3, 0.4) is 0 Å². The number of benzene rings is 1. The second-order valence-corrected chi connectivity index (χ2v) is 7.65. The third-order valence-electron chi connectivity index (χ3n) is 4.96. The first kappa shape index (κ1) is 17.7. The zero-order chi connectivity index (χ0) is 18.1. The quantitative estimate of drug-likeness (QED) is 0.871. The third kappa shape index (κ3) is 3.86. The number of ether oxygens (including phenoxy) is 1. The number of halogens is 2. The molecule has 1 aromatic heterocycles. The zero-order valence-electron chi connectivity index (χ0n) is 14.1. The molecular formula is C19H19Cl2N3O2. The summed E-state index contributed by atoms with van der Waals surface area (Å²) >= 11 is 11.9. The topological polar surface area (TPSA) is 54.5 Å². The van der Waals surface area contributed by atoms with Crippen molar-refractivity contribution in [3.05, 3.63) is 63.9 Å². The van der Waals surface area contributed by atoms with Gasteiger partial charge in [0.05, 0.1) is 23.3 Å². The molecule has 3 atom stereocenters. The van der Waals surface area contributed by atoms with Crippen molar-refractivity contribution >= 4 is 29.1 Å². The molecule has 2 fully saturated rings. The summed E-state index contributed by atoms with van der Waals surface area (Å²) in [4.78, 5) is 18.8. The molecule has 26 heavy (non-hydrogen) atoms. The summed E-state index contributed by atoms with van der Waals surface area (Å²) in [5.41, 5.74) is 1.61. The number of aromatic nitrogens is 1. The van der Waals surface area contributed by atoms with Crippen LogP contribution in [-0.4, -0.2) is 47.6 Å². The molecular weight excluding hydrogens is 373 g/mol. The molecule has 1 aromatic carbocycles. The SMILES string of the molecule is O=C(N[C@@H]1C[C@H]2CO[C@@H](c3ccc(Cl)cc3)CN2C1)c1cncc(Cl)c1. The fraction of sp³-hybridized carbons (Fsp3) is 0.368. The summed E-state index contributed by atoms with van der Waals surface area (Å²) in [6, 6.07) is 9.85. The van der Waals surface area contributed by atoms with Crippen LogP contribution >= 0.6 is 23.2 Å². The van der Waals surface area contributed by atoms with Gasteiger partial charge in [-0.15, -0.1) is 0 Å². The van der Waals surface area contributed by atoms with Crippen LogP contribution in [0.5, 0.6) is 0 Å². The van der Waals surface area contributed by atoms with E-state index in [1.54, 1.807) is 6.07 Å². The number of pyridine rings is 1. The van der Waals surface area contributed by atoms with Crippen molar-refractivity contribution in [3.8, 4) is 0 Å². The average Bonchev–Trinajstić information content (AvgIpc) is 3.03. The Kier molecular flexibility index (Phi) is 5.14. The molecule has 0 bridgehead atoms. The summed E-state index contributed by atoms with van der Waals surface area (Å²) in [6.45, 7) is 2.30. The number of amides is 1. The number of nitrogens with zero attached hydrogens (tertiary/aromatic N) is 2. The predicted octanol–water partition coefficient (Wildman–Crippen LogP) is 3.33. The van der Waals surface area contributed by atoms with E-state index in [4.69, 9.17) is 27.9 Å². The lowest BCUT2D eigenvalue weighted by Crippen LogP contribution is -2.43. The van der Waals surface area contributed by atoms with Crippen molar-refractivity contribution in [1.82, 2.24) is 15.2 Å². The van der Waals surface area contributed by atoms with Crippen molar-refractivity contribution in [2.24, 2.45) is 0 Å². The highest BCUT2D eigenvalue weighted by atomic mass is 35.5. The first-order valence-corrected chi connectivity index (χ1v) is 9.36. The molecule has 1 N–H and O–H groups in total. The predicted molar refractivity (Wildman–Crippen MR) is 101 cm³/mol. The van der Waals surface area contributed by atoms with Crippen molar-refractivity contribution in [2.45, 2.75) is 24.6 Å². The Morgan fingerprint density at radius 2 is 1.96 bits per heavy atom. The maximum absolute atomic E-state index is 12.4. The number of carbonyl (C=O) groups excluding carboxylic acids is 1. The largest absolute Gasteiger partial charge is 0.371 e. The van der Waals surface area contributed by atoms with Gasteiger partial charge in [-0.05, 0) is 30.2 Å². The van der Waals surface area contributed by atoms with Crippen molar-refractivity contribution < 1.29 is 9.53 Å². The van der Waals surface area contributed by atoms with E-state index in [1.807, 2.05) is 24.3 Å². The molecule has 0 aliphatic carbocycles. The van der Waals surface area contributed by atoms with Gasteiger partial charge >= 0.3 is 0 Å². The van der Waals surface area contributed by atoms with E-state index in [-0.39, 0.29) is 18.1 Å². The van der Waals surface area contributed by atoms with Crippen LogP contribution in [-0.2, 0) is 4.74 Å². The maximum atomic E-state index is 12.4. The molecule has 2 aromatic rings. The van der Waals surface area contributed by atoms with Gasteiger partial charge in [-0.1, -0.05) is 35.3 Å². The van der Waals surface area contributed by atoms with Crippen LogP contribution in [0.25, 0.3) is 0 Å². The van der Waals surface area contributed by atoms with Crippen LogP contribution in [0.1, 0.15) is 28.4 Å². The molecule has 2 aliphatic rings. The number of nitrogens with one attached hydrogen (secondary N) is 1. The molecule has 0 saturated carbocycles. The lowest BCUT2D eigenvalue weighted by Gasteiger charge is -2.35. The molecule has 7 heteroatoms. The van der Waals surface area contributed by atoms with E-state index in [0.717, 1.165) is 30.1 Å². The highest BCUT2D eigenvalue weighted by Gasteiger charge is 2.38. The number of fused-ring (bicyclic) bond motifs is 1. The van der Waals surface area contributed by atoms with Gasteiger partial charge in [-0.3, -0.25) is 14.7 Å². The number of rotatable bonds is 3. The van der Waals surface area contributed by atoms with E-state index in [2.05, 4.69) is 15.2 Å². The Morgan fingerprint density at radius 3 is 2.73 bits per heavy atom. The molecule has 1 amide bonds.